The summed E-state index contributed by atoms with van der Waals surface area (Å²) in [6.45, 7) is 4.22. The molecule has 0 saturated carbocycles. The molecular formula is C14H17NO5. The number of hydrogen-bond acceptors (Lipinski definition) is 5. The van der Waals surface area contributed by atoms with Gasteiger partial charge in [-0.05, 0) is 13.8 Å². The van der Waals surface area contributed by atoms with E-state index >= 15 is 0 Å². The number of aryl methyl sites for hydroxylation is 1. The van der Waals surface area contributed by atoms with Gasteiger partial charge in [-0.2, -0.15) is 0 Å². The quantitative estimate of drug-likeness (QED) is 0.240. The first-order valence-electron chi connectivity index (χ1n) is 6.33. The van der Waals surface area contributed by atoms with Crippen LogP contribution in [0, 0.1) is 17.0 Å². The van der Waals surface area contributed by atoms with E-state index in [4.69, 9.17) is 4.74 Å². The van der Waals surface area contributed by atoms with E-state index in [0.29, 0.717) is 12.2 Å². The van der Waals surface area contributed by atoms with Crippen molar-refractivity contribution >= 4 is 17.3 Å². The first-order valence-corrected chi connectivity index (χ1v) is 6.33. The molecule has 1 rings (SSSR count). The van der Waals surface area contributed by atoms with Crippen molar-refractivity contribution in [2.75, 3.05) is 13.2 Å². The molecule has 0 saturated heterocycles. The van der Waals surface area contributed by atoms with E-state index in [1.807, 2.05) is 6.92 Å². The lowest BCUT2D eigenvalue weighted by atomic mass is 10.0. The number of ketones is 2. The molecule has 0 N–H and O–H groups in total. The van der Waals surface area contributed by atoms with E-state index in [-0.39, 0.29) is 36.5 Å². The van der Waals surface area contributed by atoms with Crippen molar-refractivity contribution < 1.29 is 19.2 Å². The second kappa shape index (κ2) is 7.49. The van der Waals surface area contributed by atoms with Crippen molar-refractivity contribution in [2.24, 2.45) is 0 Å². The monoisotopic (exact) mass is 279 g/mol. The summed E-state index contributed by atoms with van der Waals surface area (Å²) in [4.78, 5) is 33.7. The van der Waals surface area contributed by atoms with Gasteiger partial charge in [-0.15, -0.1) is 0 Å². The highest BCUT2D eigenvalue weighted by molar-refractivity contribution is 6.08. The van der Waals surface area contributed by atoms with Gasteiger partial charge < -0.3 is 4.74 Å². The minimum Gasteiger partial charge on any atom is -0.381 e. The Bertz CT molecular complexity index is 524. The van der Waals surface area contributed by atoms with Gasteiger partial charge in [0, 0.05) is 30.2 Å². The maximum absolute atomic E-state index is 11.9. The lowest BCUT2D eigenvalue weighted by molar-refractivity contribution is -0.385. The highest BCUT2D eigenvalue weighted by atomic mass is 16.6. The summed E-state index contributed by atoms with van der Waals surface area (Å²) in [5.41, 5.74) is 0.555. The second-order valence-electron chi connectivity index (χ2n) is 4.34. The van der Waals surface area contributed by atoms with Gasteiger partial charge in [-0.3, -0.25) is 19.7 Å². The third kappa shape index (κ3) is 4.55. The maximum Gasteiger partial charge on any atom is 0.273 e. The molecule has 0 unspecified atom stereocenters. The summed E-state index contributed by atoms with van der Waals surface area (Å²) in [5, 5.41) is 10.8. The minimum absolute atomic E-state index is 0.113. The van der Waals surface area contributed by atoms with Crippen molar-refractivity contribution in [1.29, 1.82) is 0 Å². The number of nitro groups is 1. The predicted molar refractivity (Wildman–Crippen MR) is 72.9 cm³/mol. The van der Waals surface area contributed by atoms with Crippen LogP contribution in [-0.4, -0.2) is 29.7 Å². The summed E-state index contributed by atoms with van der Waals surface area (Å²) < 4.78 is 5.04. The molecule has 0 aliphatic heterocycles. The Morgan fingerprint density at radius 1 is 1.35 bits per heavy atom. The fourth-order valence-corrected chi connectivity index (χ4v) is 1.68. The maximum atomic E-state index is 11.9. The summed E-state index contributed by atoms with van der Waals surface area (Å²) >= 11 is 0. The third-order valence-corrected chi connectivity index (χ3v) is 2.81. The first kappa shape index (κ1) is 16.0. The number of benzene rings is 1. The zero-order valence-corrected chi connectivity index (χ0v) is 11.5. The molecule has 0 spiro atoms. The van der Waals surface area contributed by atoms with Gasteiger partial charge >= 0.3 is 0 Å². The summed E-state index contributed by atoms with van der Waals surface area (Å²) in [6.07, 6.45) is -0.0825. The Hall–Kier alpha value is -2.08. The van der Waals surface area contributed by atoms with Crippen LogP contribution in [-0.2, 0) is 9.53 Å². The average molecular weight is 279 g/mol. The van der Waals surface area contributed by atoms with Gasteiger partial charge in [0.15, 0.2) is 5.78 Å². The Kier molecular flexibility index (Phi) is 5.99. The highest BCUT2D eigenvalue weighted by Crippen LogP contribution is 2.20. The molecule has 1 aromatic rings. The van der Waals surface area contributed by atoms with E-state index in [1.54, 1.807) is 6.92 Å². The molecular weight excluding hydrogens is 262 g/mol. The van der Waals surface area contributed by atoms with Crippen molar-refractivity contribution in [1.82, 2.24) is 0 Å². The number of rotatable bonds is 8. The Morgan fingerprint density at radius 2 is 2.05 bits per heavy atom. The van der Waals surface area contributed by atoms with Crippen LogP contribution in [0.1, 0.15) is 35.7 Å². The van der Waals surface area contributed by atoms with Gasteiger partial charge in [-0.25, -0.2) is 0 Å². The molecule has 0 fully saturated rings. The third-order valence-electron chi connectivity index (χ3n) is 2.81. The Labute approximate surface area is 116 Å². The molecule has 0 amide bonds. The number of nitrogens with zero attached hydrogens (tertiary/aromatic N) is 1. The van der Waals surface area contributed by atoms with Gasteiger partial charge in [0.25, 0.3) is 5.69 Å². The molecule has 1 aromatic carbocycles. The molecule has 0 aliphatic rings. The molecule has 108 valence electrons. The number of ether oxygens (including phenoxy) is 1. The lowest BCUT2D eigenvalue weighted by Gasteiger charge is -2.03. The van der Waals surface area contributed by atoms with Crippen LogP contribution >= 0.6 is 0 Å². The number of nitro benzene ring substituents is 1. The van der Waals surface area contributed by atoms with Crippen molar-refractivity contribution in [3.05, 3.63) is 39.4 Å². The first-order chi connectivity index (χ1) is 9.45. The van der Waals surface area contributed by atoms with Crippen LogP contribution in [0.4, 0.5) is 5.69 Å². The minimum atomic E-state index is -0.539. The molecule has 0 bridgehead atoms. The van der Waals surface area contributed by atoms with Crippen LogP contribution in [0.15, 0.2) is 18.2 Å². The number of Topliss-reactive ketones (excluding diaryl/α,β-unsaturated/α-hetero) is 2. The lowest BCUT2D eigenvalue weighted by Crippen LogP contribution is -2.11. The standard InChI is InChI=1S/C14H17NO5/c1-3-20-7-6-12(16)9-14(17)11-5-4-10(2)13(8-11)15(18)19/h4-5,8H,3,6-7,9H2,1-2H3. The van der Waals surface area contributed by atoms with E-state index in [2.05, 4.69) is 0 Å². The molecule has 0 heterocycles. The van der Waals surface area contributed by atoms with Gasteiger partial charge in [0.05, 0.1) is 18.0 Å². The molecule has 0 aliphatic carbocycles. The Balaban J connectivity index is 2.70. The zero-order chi connectivity index (χ0) is 15.1. The number of carbonyl (C=O) groups excluding carboxylic acids is 2. The normalized spacial score (nSPS) is 10.3. The fraction of sp³-hybridized carbons (Fsp3) is 0.429. The zero-order valence-electron chi connectivity index (χ0n) is 11.5. The molecule has 0 atom stereocenters. The summed E-state index contributed by atoms with van der Waals surface area (Å²) in [6, 6.07) is 4.23. The van der Waals surface area contributed by atoms with Crippen LogP contribution in [0.5, 0.6) is 0 Å². The molecule has 0 radical (unpaired) electrons. The highest BCUT2D eigenvalue weighted by Gasteiger charge is 2.17. The topological polar surface area (TPSA) is 86.5 Å². The van der Waals surface area contributed by atoms with Gasteiger partial charge in [0.1, 0.15) is 5.78 Å². The second-order valence-corrected chi connectivity index (χ2v) is 4.34. The van der Waals surface area contributed by atoms with Crippen LogP contribution in [0.3, 0.4) is 0 Å². The number of carbonyl (C=O) groups is 2. The van der Waals surface area contributed by atoms with E-state index in [9.17, 15) is 19.7 Å². The summed E-state index contributed by atoms with van der Waals surface area (Å²) in [7, 11) is 0. The largest absolute Gasteiger partial charge is 0.381 e. The Morgan fingerprint density at radius 3 is 2.65 bits per heavy atom. The SMILES string of the molecule is CCOCCC(=O)CC(=O)c1ccc(C)c([N+](=O)[O-])c1. The number of hydrogen-bond donors (Lipinski definition) is 0. The van der Waals surface area contributed by atoms with Crippen molar-refractivity contribution in [2.45, 2.75) is 26.7 Å². The molecule has 6 heteroatoms. The van der Waals surface area contributed by atoms with Gasteiger partial charge in [0.2, 0.25) is 0 Å². The van der Waals surface area contributed by atoms with E-state index < -0.39 is 10.7 Å². The average Bonchev–Trinajstić information content (AvgIpc) is 2.39. The predicted octanol–water partition coefficient (Wildman–Crippen LogP) is 2.47. The smallest absolute Gasteiger partial charge is 0.273 e. The van der Waals surface area contributed by atoms with E-state index in [0.717, 1.165) is 0 Å². The van der Waals surface area contributed by atoms with Crippen molar-refractivity contribution in [3.63, 3.8) is 0 Å². The van der Waals surface area contributed by atoms with Crippen molar-refractivity contribution in [3.8, 4) is 0 Å². The fourth-order valence-electron chi connectivity index (χ4n) is 1.68. The van der Waals surface area contributed by atoms with Gasteiger partial charge in [-0.1, -0.05) is 12.1 Å². The molecule has 0 aromatic heterocycles. The van der Waals surface area contributed by atoms with Crippen LogP contribution in [0.25, 0.3) is 0 Å². The van der Waals surface area contributed by atoms with E-state index in [1.165, 1.54) is 18.2 Å². The molecule has 20 heavy (non-hydrogen) atoms. The van der Waals surface area contributed by atoms with Crippen LogP contribution in [0.2, 0.25) is 0 Å². The summed E-state index contributed by atoms with van der Waals surface area (Å²) in [5.74, 6) is -0.638. The van der Waals surface area contributed by atoms with Crippen LogP contribution < -0.4 is 0 Å². The molecule has 6 nitrogen and oxygen atoms in total.